The molecule has 7 heteroatoms. The fraction of sp³-hybridized carbons (Fsp3) is 0.125. The first-order chi connectivity index (χ1) is 6.91. The summed E-state index contributed by atoms with van der Waals surface area (Å²) in [5, 5.41) is 0. The molecular formula is C8H9NO2S4. The van der Waals surface area contributed by atoms with Crippen molar-refractivity contribution in [2.45, 2.75) is 19.6 Å². The molecule has 15 heavy (non-hydrogen) atoms. The Bertz CT molecular complexity index is 404. The van der Waals surface area contributed by atoms with Crippen LogP contribution in [0.25, 0.3) is 0 Å². The predicted molar refractivity (Wildman–Crippen MR) is 71.2 cm³/mol. The second-order valence-corrected chi connectivity index (χ2v) is 4.46. The SMILES string of the molecule is COC(=O)c1c(N)c(S)c(S)c(S)c1S. The topological polar surface area (TPSA) is 52.3 Å². The lowest BCUT2D eigenvalue weighted by atomic mass is 10.2. The highest BCUT2D eigenvalue weighted by Gasteiger charge is 2.21. The fourth-order valence-corrected chi connectivity index (χ4v) is 2.20. The highest BCUT2D eigenvalue weighted by molar-refractivity contribution is 7.86. The lowest BCUT2D eigenvalue weighted by molar-refractivity contribution is 0.0597. The Hall–Kier alpha value is -0.110. The Morgan fingerprint density at radius 3 is 2.00 bits per heavy atom. The normalized spacial score (nSPS) is 10.2. The van der Waals surface area contributed by atoms with Gasteiger partial charge < -0.3 is 10.5 Å². The molecule has 1 aromatic carbocycles. The number of methoxy groups -OCH3 is 1. The maximum absolute atomic E-state index is 11.4. The van der Waals surface area contributed by atoms with E-state index >= 15 is 0 Å². The van der Waals surface area contributed by atoms with Gasteiger partial charge in [-0.15, -0.1) is 50.5 Å². The zero-order chi connectivity index (χ0) is 11.7. The van der Waals surface area contributed by atoms with Crippen molar-refractivity contribution < 1.29 is 9.53 Å². The van der Waals surface area contributed by atoms with Crippen molar-refractivity contribution in [3.63, 3.8) is 0 Å². The highest BCUT2D eigenvalue weighted by atomic mass is 32.1. The van der Waals surface area contributed by atoms with Crippen LogP contribution in [0.2, 0.25) is 0 Å². The standard InChI is InChI=1S/C8H9NO2S4/c1-11-8(10)2-3(9)5(13)7(15)6(14)4(2)12/h12-15H,9H2,1H3. The Morgan fingerprint density at radius 2 is 1.53 bits per heavy atom. The number of esters is 1. The van der Waals surface area contributed by atoms with Crippen molar-refractivity contribution in [1.29, 1.82) is 0 Å². The molecule has 0 aliphatic carbocycles. The molecule has 1 rings (SSSR count). The van der Waals surface area contributed by atoms with Crippen LogP contribution in [0.15, 0.2) is 19.6 Å². The Morgan fingerprint density at radius 1 is 1.07 bits per heavy atom. The van der Waals surface area contributed by atoms with Crippen molar-refractivity contribution >= 4 is 62.2 Å². The zero-order valence-corrected chi connectivity index (χ0v) is 11.3. The van der Waals surface area contributed by atoms with Gasteiger partial charge in [-0.25, -0.2) is 4.79 Å². The van der Waals surface area contributed by atoms with Crippen molar-refractivity contribution in [3.8, 4) is 0 Å². The number of ether oxygens (including phenoxy) is 1. The number of hydrogen-bond acceptors (Lipinski definition) is 7. The first kappa shape index (κ1) is 13.0. The number of nitrogens with two attached hydrogens (primary N) is 1. The molecule has 0 unspecified atom stereocenters. The molecule has 2 N–H and O–H groups in total. The third-order valence-corrected chi connectivity index (χ3v) is 4.16. The summed E-state index contributed by atoms with van der Waals surface area (Å²) in [6.07, 6.45) is 0. The highest BCUT2D eigenvalue weighted by Crippen LogP contribution is 2.39. The van der Waals surface area contributed by atoms with Crippen LogP contribution in [0.1, 0.15) is 10.4 Å². The largest absolute Gasteiger partial charge is 0.465 e. The summed E-state index contributed by atoms with van der Waals surface area (Å²) in [4.78, 5) is 13.1. The van der Waals surface area contributed by atoms with Crippen LogP contribution in [0.3, 0.4) is 0 Å². The molecule has 0 aliphatic rings. The van der Waals surface area contributed by atoms with Gasteiger partial charge in [-0.2, -0.15) is 0 Å². The molecule has 0 heterocycles. The number of carbonyl (C=O) groups is 1. The van der Waals surface area contributed by atoms with E-state index in [1.807, 2.05) is 0 Å². The predicted octanol–water partition coefficient (Wildman–Crippen LogP) is 2.21. The molecule has 0 amide bonds. The van der Waals surface area contributed by atoms with Crippen molar-refractivity contribution in [2.24, 2.45) is 0 Å². The fourth-order valence-electron chi connectivity index (χ4n) is 1.02. The number of anilines is 1. The van der Waals surface area contributed by atoms with Crippen molar-refractivity contribution in [3.05, 3.63) is 5.56 Å². The molecule has 0 radical (unpaired) electrons. The summed E-state index contributed by atoms with van der Waals surface area (Å²) >= 11 is 16.6. The lowest BCUT2D eigenvalue weighted by Crippen LogP contribution is -2.08. The second-order valence-electron chi connectivity index (χ2n) is 2.67. The van der Waals surface area contributed by atoms with E-state index in [0.29, 0.717) is 19.6 Å². The third kappa shape index (κ3) is 2.20. The minimum Gasteiger partial charge on any atom is -0.465 e. The van der Waals surface area contributed by atoms with Gasteiger partial charge in [0.25, 0.3) is 0 Å². The number of nitrogen functional groups attached to an aromatic ring is 1. The molecule has 0 aliphatic heterocycles. The number of rotatable bonds is 1. The molecule has 0 saturated carbocycles. The molecule has 3 nitrogen and oxygen atoms in total. The molecule has 0 fully saturated rings. The van der Waals surface area contributed by atoms with Gasteiger partial charge in [0.05, 0.1) is 18.4 Å². The first-order valence-electron chi connectivity index (χ1n) is 3.75. The Kier molecular flexibility index (Phi) is 4.16. The van der Waals surface area contributed by atoms with E-state index < -0.39 is 5.97 Å². The summed E-state index contributed by atoms with van der Waals surface area (Å²) in [5.74, 6) is -0.573. The summed E-state index contributed by atoms with van der Waals surface area (Å²) < 4.78 is 4.59. The maximum Gasteiger partial charge on any atom is 0.341 e. The van der Waals surface area contributed by atoms with Gasteiger partial charge in [-0.05, 0) is 0 Å². The van der Waals surface area contributed by atoms with E-state index in [1.54, 1.807) is 0 Å². The van der Waals surface area contributed by atoms with Gasteiger partial charge in [-0.3, -0.25) is 0 Å². The van der Waals surface area contributed by atoms with E-state index in [9.17, 15) is 4.79 Å². The van der Waals surface area contributed by atoms with E-state index in [2.05, 4.69) is 55.3 Å². The van der Waals surface area contributed by atoms with Crippen LogP contribution >= 0.6 is 50.5 Å². The van der Waals surface area contributed by atoms with E-state index in [0.717, 1.165) is 0 Å². The number of carbonyl (C=O) groups excluding carboxylic acids is 1. The van der Waals surface area contributed by atoms with E-state index in [1.165, 1.54) is 7.11 Å². The molecular weight excluding hydrogens is 270 g/mol. The molecule has 0 spiro atoms. The average Bonchev–Trinajstić information content (AvgIpc) is 2.23. The maximum atomic E-state index is 11.4. The lowest BCUT2D eigenvalue weighted by Gasteiger charge is -2.13. The van der Waals surface area contributed by atoms with Gasteiger partial charge in [0, 0.05) is 19.6 Å². The Balaban J connectivity index is 3.60. The van der Waals surface area contributed by atoms with Crippen LogP contribution in [-0.2, 0) is 4.74 Å². The molecule has 0 saturated heterocycles. The molecule has 0 aromatic heterocycles. The quantitative estimate of drug-likeness (QED) is 0.311. The average molecular weight is 279 g/mol. The Labute approximate surface area is 109 Å². The van der Waals surface area contributed by atoms with Gasteiger partial charge in [0.15, 0.2) is 0 Å². The van der Waals surface area contributed by atoms with Crippen molar-refractivity contribution in [2.75, 3.05) is 12.8 Å². The van der Waals surface area contributed by atoms with Crippen LogP contribution in [0, 0.1) is 0 Å². The van der Waals surface area contributed by atoms with Gasteiger partial charge in [0.2, 0.25) is 0 Å². The molecule has 0 atom stereocenters. The van der Waals surface area contributed by atoms with Crippen LogP contribution in [0.5, 0.6) is 0 Å². The molecule has 82 valence electrons. The number of benzene rings is 1. The van der Waals surface area contributed by atoms with Crippen LogP contribution < -0.4 is 5.73 Å². The summed E-state index contributed by atoms with van der Waals surface area (Å²) in [7, 11) is 1.26. The monoisotopic (exact) mass is 279 g/mol. The molecule has 0 bridgehead atoms. The molecule has 1 aromatic rings. The minimum absolute atomic E-state index is 0.161. The summed E-state index contributed by atoms with van der Waals surface area (Å²) in [6.45, 7) is 0. The zero-order valence-electron chi connectivity index (χ0n) is 7.68. The van der Waals surface area contributed by atoms with Crippen molar-refractivity contribution in [1.82, 2.24) is 0 Å². The summed E-state index contributed by atoms with van der Waals surface area (Å²) in [6, 6.07) is 0. The van der Waals surface area contributed by atoms with Crippen LogP contribution in [0.4, 0.5) is 5.69 Å². The van der Waals surface area contributed by atoms with Crippen LogP contribution in [-0.4, -0.2) is 13.1 Å². The van der Waals surface area contributed by atoms with Gasteiger partial charge in [-0.1, -0.05) is 0 Å². The van der Waals surface area contributed by atoms with E-state index in [-0.39, 0.29) is 11.3 Å². The second kappa shape index (κ2) is 4.82. The van der Waals surface area contributed by atoms with Gasteiger partial charge in [0.1, 0.15) is 0 Å². The van der Waals surface area contributed by atoms with Gasteiger partial charge >= 0.3 is 5.97 Å². The number of hydrogen-bond donors (Lipinski definition) is 5. The third-order valence-electron chi connectivity index (χ3n) is 1.82. The first-order valence-corrected chi connectivity index (χ1v) is 5.54. The minimum atomic E-state index is -0.573. The van der Waals surface area contributed by atoms with E-state index in [4.69, 9.17) is 5.73 Å². The summed E-state index contributed by atoms with van der Waals surface area (Å²) in [5.41, 5.74) is 6.07. The number of thiol groups is 4. The smallest absolute Gasteiger partial charge is 0.341 e.